The van der Waals surface area contributed by atoms with Crippen LogP contribution in [-0.4, -0.2) is 28.6 Å². The SMILES string of the molecule is Cc1ocnc1C(=O)NC1CCCCCC1CO. The lowest BCUT2D eigenvalue weighted by Crippen LogP contribution is -2.41. The predicted molar refractivity (Wildman–Crippen MR) is 66.2 cm³/mol. The largest absolute Gasteiger partial charge is 0.448 e. The summed E-state index contributed by atoms with van der Waals surface area (Å²) in [5.41, 5.74) is 0.343. The van der Waals surface area contributed by atoms with Gasteiger partial charge in [-0.1, -0.05) is 19.3 Å². The molecule has 0 saturated heterocycles. The number of aryl methyl sites for hydroxylation is 1. The molecule has 2 unspecified atom stereocenters. The van der Waals surface area contributed by atoms with Crippen LogP contribution in [0.15, 0.2) is 10.8 Å². The Kier molecular flexibility index (Phi) is 4.36. The first-order chi connectivity index (χ1) is 8.72. The Morgan fingerprint density at radius 1 is 1.50 bits per heavy atom. The lowest BCUT2D eigenvalue weighted by Gasteiger charge is -2.24. The van der Waals surface area contributed by atoms with E-state index in [4.69, 9.17) is 4.42 Å². The van der Waals surface area contributed by atoms with Crippen LogP contribution < -0.4 is 5.32 Å². The van der Waals surface area contributed by atoms with Gasteiger partial charge in [0.15, 0.2) is 12.1 Å². The summed E-state index contributed by atoms with van der Waals surface area (Å²) in [6.45, 7) is 1.85. The van der Waals surface area contributed by atoms with Crippen LogP contribution in [-0.2, 0) is 0 Å². The predicted octanol–water partition coefficient (Wildman–Crippen LogP) is 1.65. The van der Waals surface area contributed by atoms with Crippen molar-refractivity contribution in [3.63, 3.8) is 0 Å². The molecule has 2 N–H and O–H groups in total. The number of aliphatic hydroxyl groups is 1. The minimum Gasteiger partial charge on any atom is -0.448 e. The maximum Gasteiger partial charge on any atom is 0.273 e. The molecule has 1 fully saturated rings. The molecule has 1 heterocycles. The Bertz CT molecular complexity index is 403. The number of nitrogens with zero attached hydrogens (tertiary/aromatic N) is 1. The highest BCUT2D eigenvalue weighted by atomic mass is 16.3. The topological polar surface area (TPSA) is 75.4 Å². The average molecular weight is 252 g/mol. The summed E-state index contributed by atoms with van der Waals surface area (Å²) in [4.78, 5) is 16.0. The molecule has 1 aliphatic carbocycles. The second-order valence-electron chi connectivity index (χ2n) is 4.92. The van der Waals surface area contributed by atoms with Gasteiger partial charge in [-0.15, -0.1) is 0 Å². The van der Waals surface area contributed by atoms with Crippen molar-refractivity contribution in [2.24, 2.45) is 5.92 Å². The maximum atomic E-state index is 12.1. The molecule has 1 aliphatic rings. The summed E-state index contributed by atoms with van der Waals surface area (Å²) < 4.78 is 5.03. The molecule has 1 saturated carbocycles. The smallest absolute Gasteiger partial charge is 0.273 e. The van der Waals surface area contributed by atoms with Crippen LogP contribution in [0.4, 0.5) is 0 Å². The van der Waals surface area contributed by atoms with E-state index in [0.29, 0.717) is 11.5 Å². The lowest BCUT2D eigenvalue weighted by atomic mass is 9.95. The van der Waals surface area contributed by atoms with Gasteiger partial charge in [-0.3, -0.25) is 4.79 Å². The molecule has 1 aromatic heterocycles. The van der Waals surface area contributed by atoms with Crippen LogP contribution in [0, 0.1) is 12.8 Å². The number of carbonyl (C=O) groups is 1. The summed E-state index contributed by atoms with van der Waals surface area (Å²) in [6, 6.07) is 0.0427. The number of amides is 1. The van der Waals surface area contributed by atoms with Crippen LogP contribution in [0.3, 0.4) is 0 Å². The third kappa shape index (κ3) is 2.90. The fraction of sp³-hybridized carbons (Fsp3) is 0.692. The Balaban J connectivity index is 2.02. The van der Waals surface area contributed by atoms with Gasteiger partial charge in [-0.05, 0) is 19.8 Å². The van der Waals surface area contributed by atoms with Gasteiger partial charge in [0.1, 0.15) is 5.76 Å². The van der Waals surface area contributed by atoms with Crippen molar-refractivity contribution in [3.8, 4) is 0 Å². The summed E-state index contributed by atoms with van der Waals surface area (Å²) in [5, 5.41) is 12.4. The summed E-state index contributed by atoms with van der Waals surface area (Å²) in [5.74, 6) is 0.483. The van der Waals surface area contributed by atoms with E-state index in [0.717, 1.165) is 25.7 Å². The molecule has 5 heteroatoms. The van der Waals surface area contributed by atoms with Crippen molar-refractivity contribution in [3.05, 3.63) is 17.8 Å². The van der Waals surface area contributed by atoms with E-state index in [1.54, 1.807) is 6.92 Å². The molecule has 2 rings (SSSR count). The Morgan fingerprint density at radius 2 is 2.28 bits per heavy atom. The van der Waals surface area contributed by atoms with Gasteiger partial charge < -0.3 is 14.8 Å². The number of hydrogen-bond donors (Lipinski definition) is 2. The Morgan fingerprint density at radius 3 is 2.94 bits per heavy atom. The van der Waals surface area contributed by atoms with Gasteiger partial charge in [0.05, 0.1) is 0 Å². The van der Waals surface area contributed by atoms with E-state index >= 15 is 0 Å². The quantitative estimate of drug-likeness (QED) is 0.802. The van der Waals surface area contributed by atoms with Crippen LogP contribution in [0.2, 0.25) is 0 Å². The number of hydrogen-bond acceptors (Lipinski definition) is 4. The number of aromatic nitrogens is 1. The molecule has 100 valence electrons. The van der Waals surface area contributed by atoms with Crippen LogP contribution in [0.5, 0.6) is 0 Å². The Labute approximate surface area is 107 Å². The lowest BCUT2D eigenvalue weighted by molar-refractivity contribution is 0.0893. The minimum atomic E-state index is -0.202. The molecule has 18 heavy (non-hydrogen) atoms. The van der Waals surface area contributed by atoms with Gasteiger partial charge in [-0.25, -0.2) is 4.98 Å². The van der Waals surface area contributed by atoms with E-state index in [2.05, 4.69) is 10.3 Å². The molecule has 0 aromatic carbocycles. The van der Waals surface area contributed by atoms with Crippen molar-refractivity contribution < 1.29 is 14.3 Å². The van der Waals surface area contributed by atoms with Gasteiger partial charge in [-0.2, -0.15) is 0 Å². The van der Waals surface area contributed by atoms with E-state index < -0.39 is 0 Å². The fourth-order valence-electron chi connectivity index (χ4n) is 2.55. The van der Waals surface area contributed by atoms with Gasteiger partial charge in [0.2, 0.25) is 0 Å². The van der Waals surface area contributed by atoms with Crippen LogP contribution in [0.25, 0.3) is 0 Å². The van der Waals surface area contributed by atoms with E-state index in [9.17, 15) is 9.90 Å². The number of carbonyl (C=O) groups excluding carboxylic acids is 1. The standard InChI is InChI=1S/C13H20N2O3/c1-9-12(14-8-18-9)13(17)15-11-6-4-2-3-5-10(11)7-16/h8,10-11,16H,2-7H2,1H3,(H,15,17). The summed E-state index contributed by atoms with van der Waals surface area (Å²) in [7, 11) is 0. The molecule has 2 atom stereocenters. The highest BCUT2D eigenvalue weighted by Crippen LogP contribution is 2.23. The van der Waals surface area contributed by atoms with Crippen molar-refractivity contribution in [1.29, 1.82) is 0 Å². The van der Waals surface area contributed by atoms with E-state index in [-0.39, 0.29) is 24.5 Å². The minimum absolute atomic E-state index is 0.0427. The van der Waals surface area contributed by atoms with Crippen molar-refractivity contribution in [1.82, 2.24) is 10.3 Å². The van der Waals surface area contributed by atoms with Crippen molar-refractivity contribution in [2.45, 2.75) is 45.1 Å². The normalized spacial score (nSPS) is 24.6. The van der Waals surface area contributed by atoms with E-state index in [1.165, 1.54) is 12.8 Å². The molecule has 1 aromatic rings. The highest BCUT2D eigenvalue weighted by Gasteiger charge is 2.26. The second-order valence-corrected chi connectivity index (χ2v) is 4.92. The van der Waals surface area contributed by atoms with Crippen molar-refractivity contribution in [2.75, 3.05) is 6.61 Å². The molecule has 5 nitrogen and oxygen atoms in total. The zero-order valence-electron chi connectivity index (χ0n) is 10.7. The number of nitrogens with one attached hydrogen (secondary N) is 1. The van der Waals surface area contributed by atoms with Crippen LogP contribution in [0.1, 0.15) is 48.4 Å². The summed E-state index contributed by atoms with van der Waals surface area (Å²) >= 11 is 0. The molecule has 1 amide bonds. The third-order valence-corrected chi connectivity index (χ3v) is 3.67. The molecule has 0 bridgehead atoms. The van der Waals surface area contributed by atoms with Gasteiger partial charge >= 0.3 is 0 Å². The first kappa shape index (κ1) is 13.1. The zero-order valence-corrected chi connectivity index (χ0v) is 10.7. The van der Waals surface area contributed by atoms with E-state index in [1.807, 2.05) is 0 Å². The van der Waals surface area contributed by atoms with Gasteiger partial charge in [0, 0.05) is 18.6 Å². The fourth-order valence-corrected chi connectivity index (χ4v) is 2.55. The molecular weight excluding hydrogens is 232 g/mol. The maximum absolute atomic E-state index is 12.1. The highest BCUT2D eigenvalue weighted by molar-refractivity contribution is 5.93. The van der Waals surface area contributed by atoms with Crippen LogP contribution >= 0.6 is 0 Å². The second kappa shape index (κ2) is 6.00. The number of rotatable bonds is 3. The third-order valence-electron chi connectivity index (χ3n) is 3.67. The Hall–Kier alpha value is -1.36. The molecule has 0 spiro atoms. The summed E-state index contributed by atoms with van der Waals surface area (Å²) in [6.07, 6.45) is 6.57. The molecule has 0 radical (unpaired) electrons. The van der Waals surface area contributed by atoms with Gasteiger partial charge in [0.25, 0.3) is 5.91 Å². The zero-order chi connectivity index (χ0) is 13.0. The monoisotopic (exact) mass is 252 g/mol. The average Bonchev–Trinajstić information content (AvgIpc) is 2.66. The number of aliphatic hydroxyl groups excluding tert-OH is 1. The number of oxazole rings is 1. The first-order valence-corrected chi connectivity index (χ1v) is 6.54. The molecular formula is C13H20N2O3. The molecule has 0 aliphatic heterocycles. The first-order valence-electron chi connectivity index (χ1n) is 6.54. The van der Waals surface area contributed by atoms with Crippen molar-refractivity contribution >= 4 is 5.91 Å².